The van der Waals surface area contributed by atoms with Gasteiger partial charge in [0.25, 0.3) is 11.6 Å². The molecule has 10 heteroatoms. The third kappa shape index (κ3) is 5.54. The number of amides is 2. The number of carbonyl (C=O) groups excluding carboxylic acids is 2. The summed E-state index contributed by atoms with van der Waals surface area (Å²) in [4.78, 5) is 42.9. The maximum absolute atomic E-state index is 13.2. The van der Waals surface area contributed by atoms with Gasteiger partial charge in [-0.25, -0.2) is 4.98 Å². The number of nitro groups is 1. The molecule has 1 aromatic heterocycles. The van der Waals surface area contributed by atoms with E-state index in [1.165, 1.54) is 19.1 Å². The van der Waals surface area contributed by atoms with Crippen LogP contribution in [0.4, 0.5) is 17.1 Å². The zero-order valence-electron chi connectivity index (χ0n) is 21.4. The van der Waals surface area contributed by atoms with Gasteiger partial charge in [-0.3, -0.25) is 19.7 Å². The highest BCUT2D eigenvalue weighted by Gasteiger charge is 2.30. The summed E-state index contributed by atoms with van der Waals surface area (Å²) in [5.41, 5.74) is 5.92. The van der Waals surface area contributed by atoms with Gasteiger partial charge in [0, 0.05) is 54.3 Å². The van der Waals surface area contributed by atoms with E-state index in [9.17, 15) is 19.7 Å². The molecule has 2 heterocycles. The van der Waals surface area contributed by atoms with Crippen LogP contribution in [0.3, 0.4) is 0 Å². The Morgan fingerprint density at radius 3 is 2.44 bits per heavy atom. The molecule has 1 aliphatic heterocycles. The topological polar surface area (TPSA) is 142 Å². The van der Waals surface area contributed by atoms with Crippen molar-refractivity contribution in [2.75, 3.05) is 17.2 Å². The first-order valence-electron chi connectivity index (χ1n) is 12.4. The number of H-pyrrole nitrogens is 1. The number of aromatic nitrogens is 2. The Morgan fingerprint density at radius 2 is 1.79 bits per heavy atom. The van der Waals surface area contributed by atoms with Gasteiger partial charge in [-0.2, -0.15) is 0 Å². The molecule has 4 aromatic rings. The molecule has 0 bridgehead atoms. The third-order valence-electron chi connectivity index (χ3n) is 6.39. The van der Waals surface area contributed by atoms with Gasteiger partial charge in [0.2, 0.25) is 5.91 Å². The van der Waals surface area contributed by atoms with Crippen molar-refractivity contribution < 1.29 is 14.5 Å². The standard InChI is InChI=1S/C29H26N6O4/c1-17-31-16-26(32-17)20-7-9-22(10-8-20)33-28(21-5-3-19(4-6-21)13-14-30-18(2)36)27-24-15-23(35(38)39)11-12-25(24)34-29(27)37/h3-12,15-16,33H,13-14H2,1-2H3,(H,30,36)(H,31,32)(H,34,37)/b28-27-. The number of carbonyl (C=O) groups is 2. The van der Waals surface area contributed by atoms with E-state index in [-0.39, 0.29) is 17.5 Å². The Hall–Kier alpha value is -5.25. The largest absolute Gasteiger partial charge is 0.356 e. The Labute approximate surface area is 224 Å². The smallest absolute Gasteiger partial charge is 0.270 e. The fraction of sp³-hybridized carbons (Fsp3) is 0.138. The number of nitro benzene ring substituents is 1. The van der Waals surface area contributed by atoms with Crippen LogP contribution in [0, 0.1) is 17.0 Å². The normalized spacial score (nSPS) is 13.4. The zero-order valence-corrected chi connectivity index (χ0v) is 21.4. The van der Waals surface area contributed by atoms with E-state index in [1.54, 1.807) is 6.07 Å². The molecule has 4 N–H and O–H groups in total. The summed E-state index contributed by atoms with van der Waals surface area (Å²) < 4.78 is 0. The Balaban J connectivity index is 1.54. The van der Waals surface area contributed by atoms with Gasteiger partial charge in [-0.1, -0.05) is 36.4 Å². The second kappa shape index (κ2) is 10.6. The first-order chi connectivity index (χ1) is 18.8. The van der Waals surface area contributed by atoms with Crippen molar-refractivity contribution >= 4 is 40.1 Å². The molecule has 0 saturated heterocycles. The summed E-state index contributed by atoms with van der Waals surface area (Å²) in [6, 6.07) is 19.6. The number of fused-ring (bicyclic) bond motifs is 1. The minimum absolute atomic E-state index is 0.0868. The Bertz CT molecular complexity index is 1600. The molecule has 39 heavy (non-hydrogen) atoms. The van der Waals surface area contributed by atoms with Crippen molar-refractivity contribution in [3.8, 4) is 11.3 Å². The molecule has 0 spiro atoms. The van der Waals surface area contributed by atoms with E-state index in [0.29, 0.717) is 35.5 Å². The van der Waals surface area contributed by atoms with E-state index in [1.807, 2.05) is 61.7 Å². The summed E-state index contributed by atoms with van der Waals surface area (Å²) in [6.45, 7) is 3.88. The number of aromatic amines is 1. The molecule has 0 saturated carbocycles. The van der Waals surface area contributed by atoms with E-state index >= 15 is 0 Å². The van der Waals surface area contributed by atoms with Crippen LogP contribution in [-0.4, -0.2) is 33.3 Å². The summed E-state index contributed by atoms with van der Waals surface area (Å²) in [7, 11) is 0. The number of nitrogens with zero attached hydrogens (tertiary/aromatic N) is 2. The lowest BCUT2D eigenvalue weighted by Crippen LogP contribution is -2.22. The number of anilines is 2. The van der Waals surface area contributed by atoms with Crippen molar-refractivity contribution in [3.05, 3.63) is 106 Å². The average Bonchev–Trinajstić information content (AvgIpc) is 3.49. The summed E-state index contributed by atoms with van der Waals surface area (Å²) in [6.07, 6.45) is 2.49. The molecule has 0 aliphatic carbocycles. The average molecular weight is 523 g/mol. The van der Waals surface area contributed by atoms with Gasteiger partial charge < -0.3 is 20.9 Å². The quantitative estimate of drug-likeness (QED) is 0.147. The third-order valence-corrected chi connectivity index (χ3v) is 6.39. The number of benzene rings is 3. The van der Waals surface area contributed by atoms with Crippen LogP contribution in [0.1, 0.15) is 29.4 Å². The van der Waals surface area contributed by atoms with Crippen LogP contribution in [-0.2, 0) is 16.0 Å². The number of aryl methyl sites for hydroxylation is 1. The lowest BCUT2D eigenvalue weighted by atomic mass is 9.98. The van der Waals surface area contributed by atoms with E-state index < -0.39 is 4.92 Å². The van der Waals surface area contributed by atoms with E-state index in [4.69, 9.17) is 0 Å². The molecular weight excluding hydrogens is 496 g/mol. The fourth-order valence-electron chi connectivity index (χ4n) is 4.45. The van der Waals surface area contributed by atoms with Gasteiger partial charge >= 0.3 is 0 Å². The molecule has 3 aromatic carbocycles. The number of rotatable bonds is 8. The molecule has 10 nitrogen and oxygen atoms in total. The van der Waals surface area contributed by atoms with Gasteiger partial charge in [0.15, 0.2) is 0 Å². The highest BCUT2D eigenvalue weighted by molar-refractivity contribution is 6.37. The van der Waals surface area contributed by atoms with Crippen molar-refractivity contribution in [3.63, 3.8) is 0 Å². The van der Waals surface area contributed by atoms with E-state index in [2.05, 4.69) is 25.9 Å². The molecule has 0 fully saturated rings. The van der Waals surface area contributed by atoms with Crippen molar-refractivity contribution in [2.45, 2.75) is 20.3 Å². The lowest BCUT2D eigenvalue weighted by molar-refractivity contribution is -0.384. The fourth-order valence-corrected chi connectivity index (χ4v) is 4.45. The lowest BCUT2D eigenvalue weighted by Gasteiger charge is -2.16. The van der Waals surface area contributed by atoms with E-state index in [0.717, 1.165) is 33.9 Å². The first kappa shape index (κ1) is 25.4. The van der Waals surface area contributed by atoms with Crippen LogP contribution in [0.2, 0.25) is 0 Å². The van der Waals surface area contributed by atoms with Crippen LogP contribution in [0.25, 0.3) is 22.5 Å². The number of imidazole rings is 1. The Kier molecular flexibility index (Phi) is 6.92. The molecule has 2 amide bonds. The zero-order chi connectivity index (χ0) is 27.5. The molecular formula is C29H26N6O4. The molecule has 1 aliphatic rings. The predicted molar refractivity (Wildman–Crippen MR) is 150 cm³/mol. The SMILES string of the molecule is CC(=O)NCCc1ccc(/C(Nc2ccc(-c3c[nH]c(C)n3)cc2)=C2/C(=O)Nc3ccc([N+](=O)[O-])cc32)cc1. The van der Waals surface area contributed by atoms with Crippen LogP contribution < -0.4 is 16.0 Å². The monoisotopic (exact) mass is 522 g/mol. The first-order valence-corrected chi connectivity index (χ1v) is 12.4. The highest BCUT2D eigenvalue weighted by atomic mass is 16.6. The number of hydrogen-bond acceptors (Lipinski definition) is 6. The second-order valence-electron chi connectivity index (χ2n) is 9.19. The summed E-state index contributed by atoms with van der Waals surface area (Å²) >= 11 is 0. The van der Waals surface area contributed by atoms with Gasteiger partial charge in [0.05, 0.1) is 21.9 Å². The maximum Gasteiger partial charge on any atom is 0.270 e. The minimum Gasteiger partial charge on any atom is -0.356 e. The van der Waals surface area contributed by atoms with Gasteiger partial charge in [-0.05, 0) is 42.7 Å². The molecule has 0 unspecified atom stereocenters. The van der Waals surface area contributed by atoms with Crippen molar-refractivity contribution in [2.24, 2.45) is 0 Å². The van der Waals surface area contributed by atoms with Gasteiger partial charge in [0.1, 0.15) is 5.82 Å². The molecule has 0 radical (unpaired) electrons. The number of hydrogen-bond donors (Lipinski definition) is 4. The summed E-state index contributed by atoms with van der Waals surface area (Å²) in [5, 5.41) is 20.5. The van der Waals surface area contributed by atoms with Crippen LogP contribution >= 0.6 is 0 Å². The van der Waals surface area contributed by atoms with Crippen molar-refractivity contribution in [1.82, 2.24) is 15.3 Å². The van der Waals surface area contributed by atoms with Crippen LogP contribution in [0.5, 0.6) is 0 Å². The minimum atomic E-state index is -0.479. The molecule has 5 rings (SSSR count). The molecule has 0 atom stereocenters. The molecule has 196 valence electrons. The second-order valence-corrected chi connectivity index (χ2v) is 9.19. The van der Waals surface area contributed by atoms with Gasteiger partial charge in [-0.15, -0.1) is 0 Å². The summed E-state index contributed by atoms with van der Waals surface area (Å²) in [5.74, 6) is 0.377. The maximum atomic E-state index is 13.2. The Morgan fingerprint density at radius 1 is 1.05 bits per heavy atom. The number of nitrogens with one attached hydrogen (secondary N) is 4. The number of non-ortho nitro benzene ring substituents is 1. The van der Waals surface area contributed by atoms with Crippen molar-refractivity contribution in [1.29, 1.82) is 0 Å². The predicted octanol–water partition coefficient (Wildman–Crippen LogP) is 4.90. The highest BCUT2D eigenvalue weighted by Crippen LogP contribution is 2.39. The van der Waals surface area contributed by atoms with Crippen LogP contribution in [0.15, 0.2) is 72.9 Å².